The molecule has 0 saturated heterocycles. The molecule has 68 valence electrons. The summed E-state index contributed by atoms with van der Waals surface area (Å²) in [6, 6.07) is 0. The molecule has 0 aromatic heterocycles. The fourth-order valence-corrected chi connectivity index (χ4v) is 0. The molecule has 0 unspecified atom stereocenters. The molecule has 0 spiro atoms. The first kappa shape index (κ1) is 22.4. The van der Waals surface area contributed by atoms with E-state index in [0.29, 0.717) is 0 Å². The quantitative estimate of drug-likeness (QED) is 0.592. The third-order valence-electron chi connectivity index (χ3n) is 0. The third-order valence-corrected chi connectivity index (χ3v) is 0. The van der Waals surface area contributed by atoms with Gasteiger partial charge in [0.2, 0.25) is 0 Å². The maximum absolute atomic E-state index is 8.06. The summed E-state index contributed by atoms with van der Waals surface area (Å²) in [5.41, 5.74) is 0. The van der Waals surface area contributed by atoms with Crippen LogP contribution in [0, 0.1) is 0 Å². The van der Waals surface area contributed by atoms with Crippen LogP contribution in [-0.4, -0.2) is 22.4 Å². The first-order chi connectivity index (χ1) is 3.46. The first-order valence-corrected chi connectivity index (χ1v) is 2.83. The predicted octanol–water partition coefficient (Wildman–Crippen LogP) is 1.19. The Bertz CT molecular complexity index is 31.2. The van der Waals surface area contributed by atoms with E-state index >= 15 is 0 Å². The van der Waals surface area contributed by atoms with Crippen molar-refractivity contribution >= 4 is 12.4 Å². The van der Waals surface area contributed by atoms with Crippen LogP contribution in [0.3, 0.4) is 0 Å². The molecule has 2 nitrogen and oxygen atoms in total. The molecular weight excluding hydrogens is 195 g/mol. The van der Waals surface area contributed by atoms with Gasteiger partial charge in [-0.15, -0.1) is 12.4 Å². The van der Waals surface area contributed by atoms with E-state index in [2.05, 4.69) is 0 Å². The van der Waals surface area contributed by atoms with E-state index in [1.54, 1.807) is 27.7 Å². The summed E-state index contributed by atoms with van der Waals surface area (Å²) < 4.78 is 0. The Kier molecular flexibility index (Phi) is 36.7. The second kappa shape index (κ2) is 16.4. The largest absolute Gasteiger partial charge is 0.394 e. The minimum absolute atomic E-state index is 0. The maximum atomic E-state index is 8.06. The van der Waals surface area contributed by atoms with Crippen LogP contribution in [0.25, 0.3) is 0 Å². The molecule has 0 saturated carbocycles. The molecule has 0 bridgehead atoms. The standard InChI is InChI=1S/2C3H8O.ClH.Fe/c2*1-3(2)4;;/h2*3-4H,1-2H3;1H;. The van der Waals surface area contributed by atoms with E-state index < -0.39 is 0 Å². The van der Waals surface area contributed by atoms with Crippen molar-refractivity contribution in [3.05, 3.63) is 0 Å². The van der Waals surface area contributed by atoms with Gasteiger partial charge in [0.1, 0.15) is 0 Å². The molecule has 10 heavy (non-hydrogen) atoms. The van der Waals surface area contributed by atoms with Gasteiger partial charge in [0.05, 0.1) is 0 Å². The zero-order valence-electron chi connectivity index (χ0n) is 6.81. The Labute approximate surface area is 79.9 Å². The van der Waals surface area contributed by atoms with E-state index in [-0.39, 0.29) is 41.7 Å². The topological polar surface area (TPSA) is 40.5 Å². The van der Waals surface area contributed by atoms with Gasteiger partial charge in [-0.3, -0.25) is 0 Å². The molecule has 0 aromatic rings. The Morgan fingerprint density at radius 1 is 0.800 bits per heavy atom. The average Bonchev–Trinajstić information content (AvgIpc) is 1.25. The summed E-state index contributed by atoms with van der Waals surface area (Å²) >= 11 is 0. The molecule has 0 atom stereocenters. The van der Waals surface area contributed by atoms with Crippen molar-refractivity contribution in [3.63, 3.8) is 0 Å². The summed E-state index contributed by atoms with van der Waals surface area (Å²) in [4.78, 5) is 0. The van der Waals surface area contributed by atoms with Crippen LogP contribution < -0.4 is 0 Å². The van der Waals surface area contributed by atoms with Crippen molar-refractivity contribution < 1.29 is 27.3 Å². The number of aliphatic hydroxyl groups excluding tert-OH is 2. The van der Waals surface area contributed by atoms with Crippen molar-refractivity contribution in [2.24, 2.45) is 0 Å². The summed E-state index contributed by atoms with van der Waals surface area (Å²) in [6.45, 7) is 6.89. The van der Waals surface area contributed by atoms with Gasteiger partial charge < -0.3 is 10.2 Å². The molecule has 0 aliphatic rings. The van der Waals surface area contributed by atoms with Crippen molar-refractivity contribution in [3.8, 4) is 0 Å². The van der Waals surface area contributed by atoms with Crippen LogP contribution >= 0.6 is 12.4 Å². The van der Waals surface area contributed by atoms with E-state index in [9.17, 15) is 0 Å². The minimum atomic E-state index is -0.167. The summed E-state index contributed by atoms with van der Waals surface area (Å²) in [5.74, 6) is 0. The fraction of sp³-hybridized carbons (Fsp3) is 1.00. The minimum Gasteiger partial charge on any atom is -0.394 e. The first-order valence-electron chi connectivity index (χ1n) is 2.83. The molecule has 0 rings (SSSR count). The van der Waals surface area contributed by atoms with E-state index in [1.165, 1.54) is 0 Å². The van der Waals surface area contributed by atoms with Gasteiger partial charge in [-0.2, -0.15) is 0 Å². The number of hydrogen-bond acceptors (Lipinski definition) is 2. The van der Waals surface area contributed by atoms with Crippen LogP contribution in [0.1, 0.15) is 27.7 Å². The molecule has 0 aliphatic heterocycles. The predicted molar refractivity (Wildman–Crippen MR) is 42.0 cm³/mol. The van der Waals surface area contributed by atoms with E-state index in [0.717, 1.165) is 0 Å². The molecule has 0 heterocycles. The molecular formula is C6H17ClFeO2. The van der Waals surface area contributed by atoms with Crippen molar-refractivity contribution in [1.29, 1.82) is 0 Å². The Morgan fingerprint density at radius 3 is 0.800 bits per heavy atom. The van der Waals surface area contributed by atoms with Gasteiger partial charge in [0.15, 0.2) is 0 Å². The number of halogens is 1. The van der Waals surface area contributed by atoms with Crippen molar-refractivity contribution in [2.75, 3.05) is 0 Å². The van der Waals surface area contributed by atoms with Crippen molar-refractivity contribution in [1.82, 2.24) is 0 Å². The Morgan fingerprint density at radius 2 is 0.800 bits per heavy atom. The summed E-state index contributed by atoms with van der Waals surface area (Å²) in [7, 11) is 0. The maximum Gasteiger partial charge on any atom is 0.0483 e. The smallest absolute Gasteiger partial charge is 0.0483 e. The second-order valence-electron chi connectivity index (χ2n) is 2.19. The van der Waals surface area contributed by atoms with E-state index in [1.807, 2.05) is 0 Å². The summed E-state index contributed by atoms with van der Waals surface area (Å²) in [6.07, 6.45) is -0.333. The van der Waals surface area contributed by atoms with Crippen molar-refractivity contribution in [2.45, 2.75) is 39.9 Å². The molecule has 0 amide bonds. The zero-order valence-corrected chi connectivity index (χ0v) is 8.73. The molecule has 0 aliphatic carbocycles. The van der Waals surface area contributed by atoms with Crippen LogP contribution in [0.4, 0.5) is 0 Å². The average molecular weight is 212 g/mol. The van der Waals surface area contributed by atoms with Gasteiger partial charge >= 0.3 is 0 Å². The van der Waals surface area contributed by atoms with Gasteiger partial charge in [-0.25, -0.2) is 0 Å². The molecule has 4 heteroatoms. The SMILES string of the molecule is CC(C)O.CC(C)O.Cl.[Fe]. The fourth-order valence-electron chi connectivity index (χ4n) is 0. The van der Waals surface area contributed by atoms with E-state index in [4.69, 9.17) is 10.2 Å². The van der Waals surface area contributed by atoms with Gasteiger partial charge in [0, 0.05) is 29.3 Å². The molecule has 2 N–H and O–H groups in total. The van der Waals surface area contributed by atoms with Crippen LogP contribution in [-0.2, 0) is 17.1 Å². The normalized spacial score (nSPS) is 7.20. The molecule has 0 fully saturated rings. The monoisotopic (exact) mass is 212 g/mol. The van der Waals surface area contributed by atoms with Gasteiger partial charge in [-0.1, -0.05) is 0 Å². The second-order valence-corrected chi connectivity index (χ2v) is 2.19. The number of hydrogen-bond donors (Lipinski definition) is 2. The molecule has 0 aromatic carbocycles. The summed E-state index contributed by atoms with van der Waals surface area (Å²) in [5, 5.41) is 16.1. The third kappa shape index (κ3) is 980. The van der Waals surface area contributed by atoms with Crippen LogP contribution in [0.5, 0.6) is 0 Å². The van der Waals surface area contributed by atoms with Crippen LogP contribution in [0.15, 0.2) is 0 Å². The Hall–Kier alpha value is 0.729. The zero-order chi connectivity index (χ0) is 7.15. The van der Waals surface area contributed by atoms with Gasteiger partial charge in [-0.05, 0) is 27.7 Å². The Balaban J connectivity index is -0.0000000300. The number of rotatable bonds is 0. The van der Waals surface area contributed by atoms with Crippen LogP contribution in [0.2, 0.25) is 0 Å². The molecule has 0 radical (unpaired) electrons. The van der Waals surface area contributed by atoms with Gasteiger partial charge in [0.25, 0.3) is 0 Å². The number of aliphatic hydroxyl groups is 2.